The lowest BCUT2D eigenvalue weighted by atomic mass is 9.98. The van der Waals surface area contributed by atoms with Gasteiger partial charge in [0.15, 0.2) is 0 Å². The monoisotopic (exact) mass is 245 g/mol. The number of rotatable bonds is 5. The van der Waals surface area contributed by atoms with E-state index in [0.717, 1.165) is 19.3 Å². The molecule has 1 saturated carbocycles. The van der Waals surface area contributed by atoms with Crippen molar-refractivity contribution in [2.45, 2.75) is 56.1 Å². The van der Waals surface area contributed by atoms with E-state index in [2.05, 4.69) is 19.2 Å². The van der Waals surface area contributed by atoms with Crippen LogP contribution in [-0.2, 0) is 9.53 Å². The van der Waals surface area contributed by atoms with Crippen LogP contribution in [0.3, 0.4) is 0 Å². The molecule has 2 unspecified atom stereocenters. The summed E-state index contributed by atoms with van der Waals surface area (Å²) >= 11 is 1.97. The molecule has 0 bridgehead atoms. The minimum absolute atomic E-state index is 0.0793. The normalized spacial score (nSPS) is 29.7. The molecule has 16 heavy (non-hydrogen) atoms. The third-order valence-electron chi connectivity index (χ3n) is 3.08. The summed E-state index contributed by atoms with van der Waals surface area (Å²) in [7, 11) is 1.86. The molecule has 0 radical (unpaired) electrons. The molecule has 0 aliphatic heterocycles. The van der Waals surface area contributed by atoms with Gasteiger partial charge in [0.05, 0.1) is 6.61 Å². The molecule has 0 aromatic carbocycles. The van der Waals surface area contributed by atoms with E-state index in [1.54, 1.807) is 0 Å². The number of carbonyl (C=O) groups is 1. The van der Waals surface area contributed by atoms with Crippen molar-refractivity contribution < 1.29 is 9.53 Å². The lowest BCUT2D eigenvalue weighted by molar-refractivity contribution is -0.150. The van der Waals surface area contributed by atoms with Crippen LogP contribution in [0.1, 0.15) is 40.0 Å². The number of thioether (sulfide) groups is 1. The Labute approximate surface area is 103 Å². The highest BCUT2D eigenvalue weighted by Gasteiger charge is 2.45. The van der Waals surface area contributed by atoms with Gasteiger partial charge < -0.3 is 10.1 Å². The van der Waals surface area contributed by atoms with Crippen molar-refractivity contribution in [2.75, 3.05) is 13.7 Å². The summed E-state index contributed by atoms with van der Waals surface area (Å²) in [6.07, 6.45) is 2.89. The SMILES string of the molecule is CCOC(=O)C1(NC)CCC(SC(C)C)C1. The van der Waals surface area contributed by atoms with Gasteiger partial charge in [0.1, 0.15) is 5.54 Å². The fraction of sp³-hybridized carbons (Fsp3) is 0.917. The fourth-order valence-electron chi connectivity index (χ4n) is 2.28. The fourth-order valence-corrected chi connectivity index (χ4v) is 3.69. The summed E-state index contributed by atoms with van der Waals surface area (Å²) in [5, 5.41) is 4.38. The number of ether oxygens (including phenoxy) is 1. The summed E-state index contributed by atoms with van der Waals surface area (Å²) in [5.74, 6) is -0.0793. The van der Waals surface area contributed by atoms with Gasteiger partial charge in [-0.2, -0.15) is 11.8 Å². The summed E-state index contributed by atoms with van der Waals surface area (Å²) in [6.45, 7) is 6.73. The van der Waals surface area contributed by atoms with Crippen LogP contribution < -0.4 is 5.32 Å². The molecule has 1 fully saturated rings. The highest BCUT2D eigenvalue weighted by Crippen LogP contribution is 2.39. The van der Waals surface area contributed by atoms with Crippen LogP contribution in [0, 0.1) is 0 Å². The highest BCUT2D eigenvalue weighted by atomic mass is 32.2. The van der Waals surface area contributed by atoms with Gasteiger partial charge >= 0.3 is 5.97 Å². The zero-order chi connectivity index (χ0) is 12.2. The number of hydrogen-bond donors (Lipinski definition) is 1. The minimum Gasteiger partial charge on any atom is -0.465 e. The average Bonchev–Trinajstić information content (AvgIpc) is 2.62. The van der Waals surface area contributed by atoms with E-state index in [0.29, 0.717) is 17.1 Å². The van der Waals surface area contributed by atoms with Crippen molar-refractivity contribution in [1.82, 2.24) is 5.32 Å². The largest absolute Gasteiger partial charge is 0.465 e. The summed E-state index contributed by atoms with van der Waals surface area (Å²) in [4.78, 5) is 11.9. The maximum atomic E-state index is 11.9. The highest BCUT2D eigenvalue weighted by molar-refractivity contribution is 8.00. The molecule has 0 heterocycles. The van der Waals surface area contributed by atoms with E-state index >= 15 is 0 Å². The Morgan fingerprint density at radius 1 is 1.62 bits per heavy atom. The van der Waals surface area contributed by atoms with Crippen molar-refractivity contribution in [1.29, 1.82) is 0 Å². The van der Waals surface area contributed by atoms with E-state index in [9.17, 15) is 4.79 Å². The third kappa shape index (κ3) is 3.14. The number of esters is 1. The second-order valence-corrected chi connectivity index (χ2v) is 6.48. The molecule has 0 aromatic heterocycles. The predicted molar refractivity (Wildman–Crippen MR) is 68.8 cm³/mol. The molecule has 0 aromatic rings. The van der Waals surface area contributed by atoms with E-state index < -0.39 is 5.54 Å². The second kappa shape index (κ2) is 5.92. The van der Waals surface area contributed by atoms with E-state index in [1.165, 1.54) is 0 Å². The summed E-state index contributed by atoms with van der Waals surface area (Å²) in [6, 6.07) is 0. The average molecular weight is 245 g/mol. The van der Waals surface area contributed by atoms with E-state index in [4.69, 9.17) is 4.74 Å². The third-order valence-corrected chi connectivity index (χ3v) is 4.41. The van der Waals surface area contributed by atoms with Gasteiger partial charge in [-0.25, -0.2) is 0 Å². The Hall–Kier alpha value is -0.220. The van der Waals surface area contributed by atoms with E-state index in [1.807, 2.05) is 25.7 Å². The minimum atomic E-state index is -0.428. The standard InChI is InChI=1S/C12H23NO2S/c1-5-15-11(14)12(13-4)7-6-10(8-12)16-9(2)3/h9-10,13H,5-8H2,1-4H3. The second-order valence-electron chi connectivity index (χ2n) is 4.60. The van der Waals surface area contributed by atoms with Crippen LogP contribution in [0.15, 0.2) is 0 Å². The molecular weight excluding hydrogens is 222 g/mol. The van der Waals surface area contributed by atoms with Crippen LogP contribution in [0.4, 0.5) is 0 Å². The Bertz CT molecular complexity index is 245. The van der Waals surface area contributed by atoms with Gasteiger partial charge in [-0.15, -0.1) is 0 Å². The number of hydrogen-bond acceptors (Lipinski definition) is 4. The first-order valence-electron chi connectivity index (χ1n) is 6.05. The Morgan fingerprint density at radius 3 is 2.81 bits per heavy atom. The molecule has 0 saturated heterocycles. The summed E-state index contributed by atoms with van der Waals surface area (Å²) < 4.78 is 5.16. The lowest BCUT2D eigenvalue weighted by Gasteiger charge is -2.26. The topological polar surface area (TPSA) is 38.3 Å². The van der Waals surface area contributed by atoms with Crippen molar-refractivity contribution in [2.24, 2.45) is 0 Å². The maximum absolute atomic E-state index is 11.9. The van der Waals surface area contributed by atoms with Crippen LogP contribution in [0.25, 0.3) is 0 Å². The zero-order valence-electron chi connectivity index (χ0n) is 10.7. The molecule has 1 aliphatic carbocycles. The molecule has 4 heteroatoms. The van der Waals surface area contributed by atoms with Crippen LogP contribution in [-0.4, -0.2) is 35.7 Å². The van der Waals surface area contributed by atoms with Gasteiger partial charge in [-0.1, -0.05) is 13.8 Å². The molecule has 0 amide bonds. The lowest BCUT2D eigenvalue weighted by Crippen LogP contribution is -2.49. The first-order chi connectivity index (χ1) is 7.54. The molecule has 1 rings (SSSR count). The number of nitrogens with one attached hydrogen (secondary N) is 1. The summed E-state index contributed by atoms with van der Waals surface area (Å²) in [5.41, 5.74) is -0.428. The van der Waals surface area contributed by atoms with Gasteiger partial charge in [-0.3, -0.25) is 4.79 Å². The zero-order valence-corrected chi connectivity index (χ0v) is 11.5. The smallest absolute Gasteiger partial charge is 0.326 e. The van der Waals surface area contributed by atoms with Crippen LogP contribution in [0.2, 0.25) is 0 Å². The van der Waals surface area contributed by atoms with Crippen molar-refractivity contribution in [3.8, 4) is 0 Å². The van der Waals surface area contributed by atoms with Gasteiger partial charge in [0.2, 0.25) is 0 Å². The Morgan fingerprint density at radius 2 is 2.31 bits per heavy atom. The predicted octanol–water partition coefficient (Wildman–Crippen LogP) is 2.20. The molecule has 2 atom stereocenters. The molecule has 3 nitrogen and oxygen atoms in total. The maximum Gasteiger partial charge on any atom is 0.326 e. The molecule has 0 spiro atoms. The number of likely N-dealkylation sites (N-methyl/N-ethyl adjacent to an activating group) is 1. The van der Waals surface area contributed by atoms with Crippen LogP contribution in [0.5, 0.6) is 0 Å². The Kier molecular flexibility index (Phi) is 5.12. The van der Waals surface area contributed by atoms with Crippen molar-refractivity contribution >= 4 is 17.7 Å². The number of carbonyl (C=O) groups excluding carboxylic acids is 1. The molecular formula is C12H23NO2S. The molecule has 1 N–H and O–H groups in total. The first-order valence-corrected chi connectivity index (χ1v) is 7.00. The van der Waals surface area contributed by atoms with E-state index in [-0.39, 0.29) is 5.97 Å². The quantitative estimate of drug-likeness (QED) is 0.754. The van der Waals surface area contributed by atoms with Crippen molar-refractivity contribution in [3.63, 3.8) is 0 Å². The van der Waals surface area contributed by atoms with Gasteiger partial charge in [0.25, 0.3) is 0 Å². The van der Waals surface area contributed by atoms with Crippen molar-refractivity contribution in [3.05, 3.63) is 0 Å². The Balaban J connectivity index is 2.60. The van der Waals surface area contributed by atoms with Gasteiger partial charge in [-0.05, 0) is 38.5 Å². The first kappa shape index (κ1) is 13.8. The molecule has 94 valence electrons. The van der Waals surface area contributed by atoms with Gasteiger partial charge in [0, 0.05) is 5.25 Å². The van der Waals surface area contributed by atoms with Crippen LogP contribution >= 0.6 is 11.8 Å². The molecule has 1 aliphatic rings.